The first-order chi connectivity index (χ1) is 9.81. The van der Waals surface area contributed by atoms with Crippen LogP contribution in [0, 0.1) is 0 Å². The van der Waals surface area contributed by atoms with Crippen LogP contribution in [0.25, 0.3) is 0 Å². The first kappa shape index (κ1) is 17.4. The second kappa shape index (κ2) is 7.36. The molecular formula is C12H17NO7S. The number of carboxylic acids is 1. The molecule has 3 N–H and O–H groups in total. The maximum Gasteiger partial charge on any atom is 0.335 e. The van der Waals surface area contributed by atoms with Crippen LogP contribution in [-0.2, 0) is 14.8 Å². The normalized spacial score (nSPS) is 12.9. The van der Waals surface area contributed by atoms with Gasteiger partial charge in [-0.1, -0.05) is 0 Å². The Hall–Kier alpha value is -1.68. The van der Waals surface area contributed by atoms with E-state index in [-0.39, 0.29) is 29.4 Å². The van der Waals surface area contributed by atoms with Crippen molar-refractivity contribution >= 4 is 16.0 Å². The summed E-state index contributed by atoms with van der Waals surface area (Å²) in [4.78, 5) is 10.6. The molecule has 0 fully saturated rings. The number of hydrogen-bond acceptors (Lipinski definition) is 6. The lowest BCUT2D eigenvalue weighted by Crippen LogP contribution is -2.34. The first-order valence-electron chi connectivity index (χ1n) is 5.89. The quantitative estimate of drug-likeness (QED) is 0.600. The van der Waals surface area contributed by atoms with E-state index in [1.54, 1.807) is 0 Å². The Morgan fingerprint density at radius 3 is 2.57 bits per heavy atom. The van der Waals surface area contributed by atoms with Crippen LogP contribution in [-0.4, -0.2) is 58.1 Å². The van der Waals surface area contributed by atoms with Crippen molar-refractivity contribution in [2.24, 2.45) is 0 Å². The van der Waals surface area contributed by atoms with E-state index in [0.717, 1.165) is 18.2 Å². The lowest BCUT2D eigenvalue weighted by Gasteiger charge is -2.13. The predicted octanol–water partition coefficient (Wildman–Crippen LogP) is -0.321. The van der Waals surface area contributed by atoms with Gasteiger partial charge in [0.25, 0.3) is 0 Å². The fourth-order valence-electron chi connectivity index (χ4n) is 1.56. The topological polar surface area (TPSA) is 122 Å². The largest absolute Gasteiger partial charge is 0.495 e. The lowest BCUT2D eigenvalue weighted by molar-refractivity contribution is 0.0679. The number of aliphatic hydroxyl groups excluding tert-OH is 1. The van der Waals surface area contributed by atoms with Crippen LogP contribution < -0.4 is 9.46 Å². The van der Waals surface area contributed by atoms with Gasteiger partial charge in [-0.05, 0) is 18.2 Å². The van der Waals surface area contributed by atoms with Gasteiger partial charge >= 0.3 is 5.97 Å². The van der Waals surface area contributed by atoms with Crippen molar-refractivity contribution in [2.75, 3.05) is 27.4 Å². The summed E-state index contributed by atoms with van der Waals surface area (Å²) in [7, 11) is -1.33. The van der Waals surface area contributed by atoms with Crippen molar-refractivity contribution < 1.29 is 32.9 Å². The molecule has 0 radical (unpaired) electrons. The van der Waals surface area contributed by atoms with Gasteiger partial charge in [-0.15, -0.1) is 0 Å². The number of hydrogen-bond donors (Lipinski definition) is 3. The maximum absolute atomic E-state index is 12.1. The zero-order chi connectivity index (χ0) is 16.0. The molecule has 0 aliphatic carbocycles. The highest BCUT2D eigenvalue weighted by atomic mass is 32.2. The molecule has 0 saturated heterocycles. The zero-order valence-electron chi connectivity index (χ0n) is 11.6. The molecule has 1 aromatic carbocycles. The molecule has 0 aliphatic rings. The van der Waals surface area contributed by atoms with Crippen LogP contribution in [0.2, 0.25) is 0 Å². The molecule has 118 valence electrons. The molecule has 8 nitrogen and oxygen atoms in total. The minimum atomic E-state index is -3.94. The Morgan fingerprint density at radius 1 is 1.38 bits per heavy atom. The number of aromatic carboxylic acids is 1. The molecule has 0 aromatic heterocycles. The number of ether oxygens (including phenoxy) is 2. The molecule has 0 heterocycles. The number of nitrogens with one attached hydrogen (secondary N) is 1. The van der Waals surface area contributed by atoms with Gasteiger partial charge in [0.05, 0.1) is 25.4 Å². The zero-order valence-corrected chi connectivity index (χ0v) is 12.4. The van der Waals surface area contributed by atoms with Gasteiger partial charge in [0, 0.05) is 13.7 Å². The minimum absolute atomic E-state index is 0.0163. The number of methoxy groups -OCH3 is 2. The molecular weight excluding hydrogens is 302 g/mol. The molecule has 0 amide bonds. The molecule has 0 saturated carbocycles. The van der Waals surface area contributed by atoms with Gasteiger partial charge in [0.1, 0.15) is 10.6 Å². The minimum Gasteiger partial charge on any atom is -0.495 e. The van der Waals surface area contributed by atoms with Crippen LogP contribution in [0.4, 0.5) is 0 Å². The van der Waals surface area contributed by atoms with E-state index < -0.39 is 22.1 Å². The van der Waals surface area contributed by atoms with Crippen LogP contribution in [0.5, 0.6) is 5.75 Å². The van der Waals surface area contributed by atoms with Crippen LogP contribution >= 0.6 is 0 Å². The molecule has 1 rings (SSSR count). The van der Waals surface area contributed by atoms with E-state index in [0.29, 0.717) is 0 Å². The molecule has 0 spiro atoms. The van der Waals surface area contributed by atoms with E-state index >= 15 is 0 Å². The van der Waals surface area contributed by atoms with Gasteiger partial charge in [-0.2, -0.15) is 0 Å². The third kappa shape index (κ3) is 4.67. The van der Waals surface area contributed by atoms with Crippen molar-refractivity contribution in [1.29, 1.82) is 0 Å². The Labute approximate surface area is 122 Å². The van der Waals surface area contributed by atoms with Crippen LogP contribution in [0.15, 0.2) is 23.1 Å². The van der Waals surface area contributed by atoms with Crippen LogP contribution in [0.3, 0.4) is 0 Å². The Bertz CT molecular complexity index is 600. The number of aliphatic hydroxyl groups is 1. The highest BCUT2D eigenvalue weighted by molar-refractivity contribution is 7.89. The monoisotopic (exact) mass is 319 g/mol. The average Bonchev–Trinajstić information content (AvgIpc) is 2.44. The molecule has 1 atom stereocenters. The molecule has 1 unspecified atom stereocenters. The lowest BCUT2D eigenvalue weighted by atomic mass is 10.2. The smallest absolute Gasteiger partial charge is 0.335 e. The van der Waals surface area contributed by atoms with Gasteiger partial charge in [-0.25, -0.2) is 17.9 Å². The number of benzene rings is 1. The predicted molar refractivity (Wildman–Crippen MR) is 73.0 cm³/mol. The summed E-state index contributed by atoms with van der Waals surface area (Å²) in [5.74, 6) is -1.29. The summed E-state index contributed by atoms with van der Waals surface area (Å²) in [6, 6.07) is 3.40. The van der Waals surface area contributed by atoms with Crippen LogP contribution in [0.1, 0.15) is 10.4 Å². The third-order valence-corrected chi connectivity index (χ3v) is 4.03. The molecule has 0 aliphatic heterocycles. The SMILES string of the molecule is COCC(O)CNS(=O)(=O)c1ccc(C(=O)O)cc1OC. The summed E-state index contributed by atoms with van der Waals surface area (Å²) in [6.07, 6.45) is -0.992. The Balaban J connectivity index is 3.00. The number of sulfonamides is 1. The number of carbonyl (C=O) groups is 1. The van der Waals surface area contributed by atoms with E-state index in [4.69, 9.17) is 9.84 Å². The first-order valence-corrected chi connectivity index (χ1v) is 7.38. The van der Waals surface area contributed by atoms with Gasteiger partial charge < -0.3 is 19.7 Å². The highest BCUT2D eigenvalue weighted by Crippen LogP contribution is 2.24. The van der Waals surface area contributed by atoms with Gasteiger partial charge in [0.2, 0.25) is 10.0 Å². The fraction of sp³-hybridized carbons (Fsp3) is 0.417. The van der Waals surface area contributed by atoms with Crippen molar-refractivity contribution in [2.45, 2.75) is 11.0 Å². The molecule has 1 aromatic rings. The average molecular weight is 319 g/mol. The van der Waals surface area contributed by atoms with E-state index in [9.17, 15) is 18.3 Å². The number of carboxylic acid groups (broad SMARTS) is 1. The fourth-order valence-corrected chi connectivity index (χ4v) is 2.78. The summed E-state index contributed by atoms with van der Waals surface area (Å²) in [6.45, 7) is -0.252. The van der Waals surface area contributed by atoms with E-state index in [2.05, 4.69) is 9.46 Å². The van der Waals surface area contributed by atoms with Crippen molar-refractivity contribution in [1.82, 2.24) is 4.72 Å². The standard InChI is InChI=1S/C12H17NO7S/c1-19-7-9(14)6-13-21(17,18)11-4-3-8(12(15)16)5-10(11)20-2/h3-5,9,13-14H,6-7H2,1-2H3,(H,15,16). The van der Waals surface area contributed by atoms with Crippen molar-refractivity contribution in [3.05, 3.63) is 23.8 Å². The molecule has 21 heavy (non-hydrogen) atoms. The molecule has 0 bridgehead atoms. The van der Waals surface area contributed by atoms with Crippen molar-refractivity contribution in [3.8, 4) is 5.75 Å². The van der Waals surface area contributed by atoms with Gasteiger partial charge in [0.15, 0.2) is 0 Å². The number of rotatable bonds is 8. The van der Waals surface area contributed by atoms with E-state index in [1.165, 1.54) is 14.2 Å². The second-order valence-electron chi connectivity index (χ2n) is 4.13. The summed E-state index contributed by atoms with van der Waals surface area (Å²) in [5.41, 5.74) is -0.0924. The highest BCUT2D eigenvalue weighted by Gasteiger charge is 2.21. The Kier molecular flexibility index (Phi) is 6.09. The maximum atomic E-state index is 12.1. The molecule has 9 heteroatoms. The Morgan fingerprint density at radius 2 is 2.05 bits per heavy atom. The van der Waals surface area contributed by atoms with Gasteiger partial charge in [-0.3, -0.25) is 0 Å². The van der Waals surface area contributed by atoms with E-state index in [1.807, 2.05) is 0 Å². The van der Waals surface area contributed by atoms with Crippen molar-refractivity contribution in [3.63, 3.8) is 0 Å². The summed E-state index contributed by atoms with van der Waals surface area (Å²) < 4.78 is 36.0. The summed E-state index contributed by atoms with van der Waals surface area (Å²) >= 11 is 0. The summed E-state index contributed by atoms with van der Waals surface area (Å²) in [5, 5.41) is 18.3. The third-order valence-electron chi connectivity index (χ3n) is 2.57. The second-order valence-corrected chi connectivity index (χ2v) is 5.87.